The van der Waals surface area contributed by atoms with Crippen molar-refractivity contribution in [3.05, 3.63) is 54.4 Å². The van der Waals surface area contributed by atoms with E-state index in [-0.39, 0.29) is 5.91 Å². The number of hydrogen-bond donors (Lipinski definition) is 0. The van der Waals surface area contributed by atoms with Crippen LogP contribution in [0.2, 0.25) is 0 Å². The van der Waals surface area contributed by atoms with Crippen LogP contribution in [0.1, 0.15) is 23.3 Å². The Balaban J connectivity index is 1.19. The average Bonchev–Trinajstić information content (AvgIpc) is 3.52. The molecule has 9 heteroatoms. The van der Waals surface area contributed by atoms with Crippen molar-refractivity contribution in [2.24, 2.45) is 0 Å². The van der Waals surface area contributed by atoms with Crippen LogP contribution in [-0.2, 0) is 0 Å². The molecule has 30 heavy (non-hydrogen) atoms. The van der Waals surface area contributed by atoms with Gasteiger partial charge in [0.15, 0.2) is 17.3 Å². The SMILES string of the molecule is O=C(c1cnn(-c2ccccc2)n1)N1CCN(c2ccc(N3CCCC3)nn2)CC1. The molecule has 1 aromatic carbocycles. The summed E-state index contributed by atoms with van der Waals surface area (Å²) in [6.45, 7) is 4.79. The molecule has 2 aliphatic heterocycles. The second-order valence-electron chi connectivity index (χ2n) is 7.58. The molecule has 2 aliphatic rings. The van der Waals surface area contributed by atoms with Gasteiger partial charge in [-0.25, -0.2) is 0 Å². The number of benzene rings is 1. The van der Waals surface area contributed by atoms with Crippen LogP contribution in [0.4, 0.5) is 11.6 Å². The van der Waals surface area contributed by atoms with E-state index in [2.05, 4.69) is 30.2 Å². The van der Waals surface area contributed by atoms with Gasteiger partial charge in [0.25, 0.3) is 5.91 Å². The number of piperazine rings is 1. The molecule has 1 amide bonds. The van der Waals surface area contributed by atoms with E-state index in [0.717, 1.165) is 43.5 Å². The van der Waals surface area contributed by atoms with Gasteiger partial charge in [-0.1, -0.05) is 18.2 Å². The highest BCUT2D eigenvalue weighted by atomic mass is 16.2. The molecule has 4 heterocycles. The molecule has 0 N–H and O–H groups in total. The lowest BCUT2D eigenvalue weighted by molar-refractivity contribution is 0.0740. The van der Waals surface area contributed by atoms with Crippen LogP contribution in [0, 0.1) is 0 Å². The van der Waals surface area contributed by atoms with Gasteiger partial charge in [-0.15, -0.1) is 15.3 Å². The van der Waals surface area contributed by atoms with E-state index in [1.807, 2.05) is 47.4 Å². The fraction of sp³-hybridized carbons (Fsp3) is 0.381. The van der Waals surface area contributed by atoms with Crippen LogP contribution in [0.3, 0.4) is 0 Å². The van der Waals surface area contributed by atoms with Crippen LogP contribution >= 0.6 is 0 Å². The smallest absolute Gasteiger partial charge is 0.276 e. The van der Waals surface area contributed by atoms with Crippen molar-refractivity contribution in [2.75, 3.05) is 49.1 Å². The van der Waals surface area contributed by atoms with E-state index in [0.29, 0.717) is 18.8 Å². The molecule has 5 rings (SSSR count). The van der Waals surface area contributed by atoms with Crippen molar-refractivity contribution < 1.29 is 4.79 Å². The highest BCUT2D eigenvalue weighted by molar-refractivity contribution is 5.92. The first-order valence-corrected chi connectivity index (χ1v) is 10.4. The van der Waals surface area contributed by atoms with Gasteiger partial charge in [-0.05, 0) is 37.1 Å². The second kappa shape index (κ2) is 8.10. The summed E-state index contributed by atoms with van der Waals surface area (Å²) in [6.07, 6.45) is 3.97. The van der Waals surface area contributed by atoms with E-state index in [1.165, 1.54) is 23.8 Å². The van der Waals surface area contributed by atoms with Crippen molar-refractivity contribution in [1.82, 2.24) is 30.1 Å². The largest absolute Gasteiger partial charge is 0.355 e. The van der Waals surface area contributed by atoms with Crippen LogP contribution in [0.15, 0.2) is 48.7 Å². The first-order valence-electron chi connectivity index (χ1n) is 10.4. The van der Waals surface area contributed by atoms with Gasteiger partial charge >= 0.3 is 0 Å². The van der Waals surface area contributed by atoms with Crippen molar-refractivity contribution in [3.63, 3.8) is 0 Å². The molecule has 154 valence electrons. The number of amides is 1. The molecule has 0 spiro atoms. The Hall–Kier alpha value is -3.49. The van der Waals surface area contributed by atoms with Crippen LogP contribution in [-0.4, -0.2) is 75.3 Å². The second-order valence-corrected chi connectivity index (χ2v) is 7.58. The maximum Gasteiger partial charge on any atom is 0.276 e. The van der Waals surface area contributed by atoms with E-state index in [4.69, 9.17) is 0 Å². The number of carbonyl (C=O) groups excluding carboxylic acids is 1. The van der Waals surface area contributed by atoms with Crippen molar-refractivity contribution in [2.45, 2.75) is 12.8 Å². The molecule has 0 radical (unpaired) electrons. The van der Waals surface area contributed by atoms with Crippen molar-refractivity contribution in [3.8, 4) is 5.69 Å². The Labute approximate surface area is 174 Å². The van der Waals surface area contributed by atoms with E-state index < -0.39 is 0 Å². The highest BCUT2D eigenvalue weighted by Crippen LogP contribution is 2.20. The molecule has 2 fully saturated rings. The van der Waals surface area contributed by atoms with E-state index >= 15 is 0 Å². The first-order chi connectivity index (χ1) is 14.8. The summed E-state index contributed by atoms with van der Waals surface area (Å²) in [6, 6.07) is 13.7. The Morgan fingerprint density at radius 2 is 1.40 bits per heavy atom. The monoisotopic (exact) mass is 404 g/mol. The fourth-order valence-corrected chi connectivity index (χ4v) is 3.95. The molecular formula is C21H24N8O. The third kappa shape index (κ3) is 3.70. The van der Waals surface area contributed by atoms with Crippen LogP contribution in [0.5, 0.6) is 0 Å². The summed E-state index contributed by atoms with van der Waals surface area (Å²) < 4.78 is 0. The molecule has 9 nitrogen and oxygen atoms in total. The number of carbonyl (C=O) groups is 1. The van der Waals surface area contributed by atoms with E-state index in [1.54, 1.807) is 0 Å². The zero-order valence-electron chi connectivity index (χ0n) is 16.8. The van der Waals surface area contributed by atoms with E-state index in [9.17, 15) is 4.79 Å². The molecule has 0 unspecified atom stereocenters. The summed E-state index contributed by atoms with van der Waals surface area (Å²) in [5, 5.41) is 17.4. The minimum Gasteiger partial charge on any atom is -0.355 e. The normalized spacial score (nSPS) is 16.9. The predicted molar refractivity (Wildman–Crippen MR) is 113 cm³/mol. The summed E-state index contributed by atoms with van der Waals surface area (Å²) in [5.41, 5.74) is 1.19. The van der Waals surface area contributed by atoms with Gasteiger partial charge < -0.3 is 14.7 Å². The Morgan fingerprint density at radius 3 is 2.03 bits per heavy atom. The lowest BCUT2D eigenvalue weighted by atomic mass is 10.3. The van der Waals surface area contributed by atoms with Gasteiger partial charge in [0, 0.05) is 39.3 Å². The van der Waals surface area contributed by atoms with Gasteiger partial charge in [0.2, 0.25) is 0 Å². The Kier molecular flexibility index (Phi) is 5.00. The third-order valence-electron chi connectivity index (χ3n) is 5.66. The summed E-state index contributed by atoms with van der Waals surface area (Å²) in [5.74, 6) is 1.72. The quantitative estimate of drug-likeness (QED) is 0.653. The number of anilines is 2. The number of rotatable bonds is 4. The Morgan fingerprint density at radius 1 is 0.767 bits per heavy atom. The summed E-state index contributed by atoms with van der Waals surface area (Å²) >= 11 is 0. The summed E-state index contributed by atoms with van der Waals surface area (Å²) in [4.78, 5) is 20.6. The number of hydrogen-bond acceptors (Lipinski definition) is 7. The topological polar surface area (TPSA) is 83.3 Å². The molecule has 2 saturated heterocycles. The van der Waals surface area contributed by atoms with Crippen LogP contribution in [0.25, 0.3) is 5.69 Å². The maximum atomic E-state index is 12.8. The fourth-order valence-electron chi connectivity index (χ4n) is 3.95. The number of nitrogens with zero attached hydrogens (tertiary/aromatic N) is 8. The average molecular weight is 404 g/mol. The zero-order valence-corrected chi connectivity index (χ0v) is 16.8. The Bertz CT molecular complexity index is 989. The molecular weight excluding hydrogens is 380 g/mol. The molecule has 0 bridgehead atoms. The van der Waals surface area contributed by atoms with Crippen molar-refractivity contribution in [1.29, 1.82) is 0 Å². The lowest BCUT2D eigenvalue weighted by Crippen LogP contribution is -2.49. The number of para-hydroxylation sites is 1. The molecule has 0 atom stereocenters. The predicted octanol–water partition coefficient (Wildman–Crippen LogP) is 1.62. The first kappa shape index (κ1) is 18.5. The maximum absolute atomic E-state index is 12.8. The standard InChI is InChI=1S/C21H24N8O/c30-21(18-16-22-29(25-18)17-6-2-1-3-7-17)28-14-12-27(13-15-28)20-9-8-19(23-24-20)26-10-4-5-11-26/h1-3,6-9,16H,4-5,10-15H2. The lowest BCUT2D eigenvalue weighted by Gasteiger charge is -2.34. The molecule has 0 aliphatic carbocycles. The minimum absolute atomic E-state index is 0.0905. The molecule has 3 aromatic rings. The van der Waals surface area contributed by atoms with Crippen LogP contribution < -0.4 is 9.80 Å². The number of aromatic nitrogens is 5. The molecule has 2 aromatic heterocycles. The third-order valence-corrected chi connectivity index (χ3v) is 5.66. The van der Waals surface area contributed by atoms with Gasteiger partial charge in [-0.2, -0.15) is 9.90 Å². The zero-order chi connectivity index (χ0) is 20.3. The molecule has 0 saturated carbocycles. The van der Waals surface area contributed by atoms with Crippen molar-refractivity contribution >= 4 is 17.5 Å². The highest BCUT2D eigenvalue weighted by Gasteiger charge is 2.25. The van der Waals surface area contributed by atoms with Gasteiger partial charge in [0.1, 0.15) is 0 Å². The van der Waals surface area contributed by atoms with Gasteiger partial charge in [0.05, 0.1) is 11.9 Å². The minimum atomic E-state index is -0.0905. The van der Waals surface area contributed by atoms with Gasteiger partial charge in [-0.3, -0.25) is 4.79 Å². The summed E-state index contributed by atoms with van der Waals surface area (Å²) in [7, 11) is 0.